The largest absolute Gasteiger partial charge is 0.465 e. The molecule has 3 aromatic rings. The van der Waals surface area contributed by atoms with Crippen LogP contribution in [0, 0.1) is 17.1 Å². The van der Waals surface area contributed by atoms with Gasteiger partial charge in [0.15, 0.2) is 23.0 Å². The Balaban J connectivity index is 1.76. The van der Waals surface area contributed by atoms with Gasteiger partial charge in [-0.3, -0.25) is 5.32 Å². The number of fused-ring (bicyclic) bond motifs is 1. The van der Waals surface area contributed by atoms with E-state index in [4.69, 9.17) is 0 Å². The van der Waals surface area contributed by atoms with E-state index < -0.39 is 11.9 Å². The van der Waals surface area contributed by atoms with Crippen molar-refractivity contribution >= 4 is 40.6 Å². The summed E-state index contributed by atoms with van der Waals surface area (Å²) in [6, 6.07) is 4.81. The fourth-order valence-corrected chi connectivity index (χ4v) is 3.59. The first-order valence-corrected chi connectivity index (χ1v) is 10.3. The van der Waals surface area contributed by atoms with Gasteiger partial charge in [0.05, 0.1) is 17.6 Å². The summed E-state index contributed by atoms with van der Waals surface area (Å²) in [4.78, 5) is 23.8. The summed E-state index contributed by atoms with van der Waals surface area (Å²) in [5.41, 5.74) is 1.02. The van der Waals surface area contributed by atoms with Gasteiger partial charge in [-0.05, 0) is 26.1 Å². The molecule has 0 spiro atoms. The number of amides is 1. The van der Waals surface area contributed by atoms with Crippen molar-refractivity contribution in [2.75, 3.05) is 60.6 Å². The van der Waals surface area contributed by atoms with Gasteiger partial charge < -0.3 is 25.5 Å². The van der Waals surface area contributed by atoms with E-state index in [0.29, 0.717) is 31.1 Å². The third-order valence-corrected chi connectivity index (χ3v) is 5.22. The Morgan fingerprint density at radius 1 is 1.30 bits per heavy atom. The van der Waals surface area contributed by atoms with Gasteiger partial charge in [-0.15, -0.1) is 5.10 Å². The molecule has 172 valence electrons. The highest BCUT2D eigenvalue weighted by molar-refractivity contribution is 5.86. The van der Waals surface area contributed by atoms with Gasteiger partial charge in [-0.1, -0.05) is 0 Å². The van der Waals surface area contributed by atoms with Crippen LogP contribution in [-0.2, 0) is 0 Å². The van der Waals surface area contributed by atoms with Crippen molar-refractivity contribution in [1.82, 2.24) is 24.5 Å². The van der Waals surface area contributed by atoms with Gasteiger partial charge in [0.1, 0.15) is 6.07 Å². The average Bonchev–Trinajstić information content (AvgIpc) is 3.19. The quantitative estimate of drug-likeness (QED) is 0.437. The minimum Gasteiger partial charge on any atom is -0.465 e. The molecule has 0 saturated carbocycles. The molecule has 0 unspecified atom stereocenters. The number of rotatable bonds is 6. The normalized spacial score (nSPS) is 14.2. The van der Waals surface area contributed by atoms with E-state index >= 15 is 4.39 Å². The van der Waals surface area contributed by atoms with Crippen LogP contribution in [0.2, 0.25) is 0 Å². The maximum atomic E-state index is 15.6. The molecule has 0 radical (unpaired) electrons. The number of benzene rings is 1. The SMILES string of the molecule is CCNc1nc(Nc2cc(NC(=O)O)cc(N3CCN(C)CC3)c2F)nn2c(C#N)cnc12. The van der Waals surface area contributed by atoms with Crippen molar-refractivity contribution in [3.8, 4) is 6.07 Å². The smallest absolute Gasteiger partial charge is 0.409 e. The van der Waals surface area contributed by atoms with E-state index in [1.54, 1.807) is 0 Å². The number of aromatic nitrogens is 4. The fourth-order valence-electron chi connectivity index (χ4n) is 3.59. The zero-order valence-electron chi connectivity index (χ0n) is 18.1. The summed E-state index contributed by atoms with van der Waals surface area (Å²) >= 11 is 0. The Hall–Kier alpha value is -4.18. The van der Waals surface area contributed by atoms with Gasteiger partial charge in [0.25, 0.3) is 0 Å². The summed E-state index contributed by atoms with van der Waals surface area (Å²) < 4.78 is 16.9. The number of imidazole rings is 1. The molecule has 1 aliphatic rings. The molecule has 4 rings (SSSR count). The topological polar surface area (TPSA) is 147 Å². The molecule has 1 aliphatic heterocycles. The molecule has 0 bridgehead atoms. The van der Waals surface area contributed by atoms with E-state index in [0.717, 1.165) is 13.1 Å². The Kier molecular flexibility index (Phi) is 6.09. The number of likely N-dealkylation sites (N-methyl/N-ethyl adjacent to an activating group) is 1. The highest BCUT2D eigenvalue weighted by Gasteiger charge is 2.22. The fraction of sp³-hybridized carbons (Fsp3) is 0.350. The molecule has 1 aromatic carbocycles. The van der Waals surface area contributed by atoms with E-state index in [2.05, 4.69) is 35.9 Å². The maximum absolute atomic E-state index is 15.6. The molecule has 12 nitrogen and oxygen atoms in total. The lowest BCUT2D eigenvalue weighted by Gasteiger charge is -2.34. The van der Waals surface area contributed by atoms with Crippen LogP contribution in [0.5, 0.6) is 0 Å². The van der Waals surface area contributed by atoms with Crippen LogP contribution >= 0.6 is 0 Å². The highest BCUT2D eigenvalue weighted by atomic mass is 19.1. The summed E-state index contributed by atoms with van der Waals surface area (Å²) in [5.74, 6) is -0.171. The van der Waals surface area contributed by atoms with Crippen molar-refractivity contribution in [3.63, 3.8) is 0 Å². The first-order valence-electron chi connectivity index (χ1n) is 10.3. The lowest BCUT2D eigenvalue weighted by molar-refractivity contribution is 0.209. The first-order chi connectivity index (χ1) is 15.9. The van der Waals surface area contributed by atoms with Crippen LogP contribution in [0.25, 0.3) is 5.65 Å². The molecule has 0 aliphatic carbocycles. The number of nitriles is 1. The molecular formula is C20H23FN10O2. The van der Waals surface area contributed by atoms with E-state index in [1.807, 2.05) is 24.9 Å². The number of anilines is 5. The molecule has 3 heterocycles. The molecule has 0 atom stereocenters. The Morgan fingerprint density at radius 3 is 2.73 bits per heavy atom. The van der Waals surface area contributed by atoms with Crippen molar-refractivity contribution in [2.24, 2.45) is 0 Å². The Morgan fingerprint density at radius 2 is 2.06 bits per heavy atom. The molecule has 1 saturated heterocycles. The van der Waals surface area contributed by atoms with Gasteiger partial charge in [0, 0.05) is 38.4 Å². The summed E-state index contributed by atoms with van der Waals surface area (Å²) in [6.45, 7) is 5.11. The third-order valence-electron chi connectivity index (χ3n) is 5.22. The number of hydrogen-bond acceptors (Lipinski definition) is 9. The predicted octanol–water partition coefficient (Wildman–Crippen LogP) is 2.15. The van der Waals surface area contributed by atoms with Crippen LogP contribution < -0.4 is 20.9 Å². The molecule has 33 heavy (non-hydrogen) atoms. The molecule has 13 heteroatoms. The van der Waals surface area contributed by atoms with Crippen LogP contribution in [0.3, 0.4) is 0 Å². The van der Waals surface area contributed by atoms with Gasteiger partial charge in [-0.2, -0.15) is 14.8 Å². The van der Waals surface area contributed by atoms with Crippen LogP contribution in [0.4, 0.5) is 38.0 Å². The summed E-state index contributed by atoms with van der Waals surface area (Å²) in [7, 11) is 1.99. The third kappa shape index (κ3) is 4.55. The standard InChI is InChI=1S/C20H23FN10O2/c1-3-23-17-18-24-11-13(10-22)31(18)28-19(27-17)26-14-8-12(25-20(32)33)9-15(16(14)21)30-6-4-29(2)5-7-30/h8-9,11,25H,3-7H2,1-2H3,(H,32,33)(H2,23,26,27,28). The number of halogens is 1. The minimum absolute atomic E-state index is 0.00407. The Labute approximate surface area is 188 Å². The lowest BCUT2D eigenvalue weighted by atomic mass is 10.2. The summed E-state index contributed by atoms with van der Waals surface area (Å²) in [6.07, 6.45) is 0.110. The zero-order valence-corrected chi connectivity index (χ0v) is 18.1. The monoisotopic (exact) mass is 454 g/mol. The van der Waals surface area contributed by atoms with E-state index in [-0.39, 0.29) is 28.7 Å². The number of carboxylic acid groups (broad SMARTS) is 1. The van der Waals surface area contributed by atoms with Crippen molar-refractivity contribution in [2.45, 2.75) is 6.92 Å². The van der Waals surface area contributed by atoms with Crippen LogP contribution in [0.15, 0.2) is 18.3 Å². The summed E-state index contributed by atoms with van der Waals surface area (Å²) in [5, 5.41) is 31.0. The second kappa shape index (κ2) is 9.13. The average molecular weight is 454 g/mol. The highest BCUT2D eigenvalue weighted by Crippen LogP contribution is 2.33. The lowest BCUT2D eigenvalue weighted by Crippen LogP contribution is -2.44. The van der Waals surface area contributed by atoms with E-state index in [9.17, 15) is 15.2 Å². The number of nitrogens with zero attached hydrogens (tertiary/aromatic N) is 7. The van der Waals surface area contributed by atoms with Crippen molar-refractivity contribution in [1.29, 1.82) is 5.26 Å². The number of hydrogen-bond donors (Lipinski definition) is 4. The van der Waals surface area contributed by atoms with Crippen LogP contribution in [-0.4, -0.2) is 75.5 Å². The second-order valence-electron chi connectivity index (χ2n) is 7.51. The maximum Gasteiger partial charge on any atom is 0.409 e. The molecule has 4 N–H and O–H groups in total. The number of nitrogens with one attached hydrogen (secondary N) is 3. The van der Waals surface area contributed by atoms with E-state index in [1.165, 1.54) is 22.8 Å². The number of piperazine rings is 1. The molecule has 2 aromatic heterocycles. The molecule has 1 amide bonds. The second-order valence-corrected chi connectivity index (χ2v) is 7.51. The van der Waals surface area contributed by atoms with Crippen molar-refractivity contribution < 1.29 is 14.3 Å². The minimum atomic E-state index is -1.26. The Bertz CT molecular complexity index is 1230. The zero-order chi connectivity index (χ0) is 23.5. The van der Waals surface area contributed by atoms with Gasteiger partial charge >= 0.3 is 6.09 Å². The molecule has 1 fully saturated rings. The predicted molar refractivity (Wildman–Crippen MR) is 121 cm³/mol. The first kappa shape index (κ1) is 22.0. The number of carbonyl (C=O) groups is 1. The van der Waals surface area contributed by atoms with Gasteiger partial charge in [-0.25, -0.2) is 14.2 Å². The van der Waals surface area contributed by atoms with Gasteiger partial charge in [0.2, 0.25) is 5.95 Å². The van der Waals surface area contributed by atoms with Crippen molar-refractivity contribution in [3.05, 3.63) is 29.8 Å². The molecular weight excluding hydrogens is 431 g/mol. The van der Waals surface area contributed by atoms with Crippen LogP contribution in [0.1, 0.15) is 12.6 Å².